The summed E-state index contributed by atoms with van der Waals surface area (Å²) in [4.78, 5) is 7.93. The van der Waals surface area contributed by atoms with Crippen molar-refractivity contribution in [3.63, 3.8) is 0 Å². The first-order chi connectivity index (χ1) is 34.7. The molecule has 0 aromatic heterocycles. The van der Waals surface area contributed by atoms with Crippen molar-refractivity contribution in [3.8, 4) is 11.1 Å². The average molecular weight is 932 g/mol. The van der Waals surface area contributed by atoms with Crippen molar-refractivity contribution < 1.29 is 0 Å². The topological polar surface area (TPSA) is 9.72 Å². The molecule has 72 heavy (non-hydrogen) atoms. The molecule has 9 aromatic rings. The Bertz CT molecular complexity index is 3600. The van der Waals surface area contributed by atoms with Crippen LogP contribution in [-0.2, 0) is 29.1 Å². The molecule has 3 nitrogen and oxygen atoms in total. The van der Waals surface area contributed by atoms with Crippen LogP contribution in [0.1, 0.15) is 87.4 Å². The van der Waals surface area contributed by atoms with Gasteiger partial charge in [0.25, 0.3) is 6.71 Å². The quantitative estimate of drug-likeness (QED) is 0.159. The maximum atomic E-state index is 2.74. The zero-order valence-electron chi connectivity index (χ0n) is 43.0. The first kappa shape index (κ1) is 44.4. The smallest absolute Gasteiger partial charge is 0.252 e. The fraction of sp³-hybridized carbons (Fsp3) is 0.206. The van der Waals surface area contributed by atoms with Crippen LogP contribution < -0.4 is 31.1 Å². The Morgan fingerprint density at radius 3 is 1.72 bits per heavy atom. The second-order valence-electron chi connectivity index (χ2n) is 23.3. The second kappa shape index (κ2) is 16.0. The molecule has 0 radical (unpaired) electrons. The van der Waals surface area contributed by atoms with Gasteiger partial charge in [0.1, 0.15) is 0 Å². The molecule has 0 amide bonds. The minimum absolute atomic E-state index is 0.00219. The highest BCUT2D eigenvalue weighted by Crippen LogP contribution is 2.63. The van der Waals surface area contributed by atoms with E-state index in [2.05, 4.69) is 276 Å². The standard InChI is InChI=1S/C68H62BN3/c1-45-39-62-64-63(40-45)71(58-38-33-51(66(5,6)7)41-54(58)46-21-11-9-12-22-46)60-30-20-18-28-56(60)69(64)57-37-36-53(42-61(57)70(62)52-34-31-49(32-35-52)65(2,3)4)72-59-29-19-17-27-55(59)68(50-25-13-10-14-26-50)44-48-24-16-15-23-47(48)43-67(68,72)8/h9-42H,43-44H2,1-8H3. The fourth-order valence-corrected chi connectivity index (χ4v) is 13.5. The van der Waals surface area contributed by atoms with E-state index in [1.165, 1.54) is 106 Å². The molecule has 1 aliphatic carbocycles. The largest absolute Gasteiger partial charge is 0.334 e. The van der Waals surface area contributed by atoms with Crippen molar-refractivity contribution in [2.24, 2.45) is 0 Å². The third-order valence-electron chi connectivity index (χ3n) is 16.9. The molecule has 9 aromatic carbocycles. The molecule has 352 valence electrons. The Balaban J connectivity index is 1.07. The van der Waals surface area contributed by atoms with Gasteiger partial charge in [0.05, 0.1) is 11.2 Å². The summed E-state index contributed by atoms with van der Waals surface area (Å²) in [5.41, 5.74) is 25.1. The summed E-state index contributed by atoms with van der Waals surface area (Å²) in [6, 6.07) is 79.1. The van der Waals surface area contributed by atoms with Crippen molar-refractivity contribution in [1.29, 1.82) is 0 Å². The summed E-state index contributed by atoms with van der Waals surface area (Å²) in [5.74, 6) is 0. The van der Waals surface area contributed by atoms with Gasteiger partial charge in [-0.3, -0.25) is 0 Å². The van der Waals surface area contributed by atoms with Crippen LogP contribution >= 0.6 is 0 Å². The lowest BCUT2D eigenvalue weighted by Crippen LogP contribution is -2.61. The first-order valence-corrected chi connectivity index (χ1v) is 26.0. The monoisotopic (exact) mass is 932 g/mol. The molecular weight excluding hydrogens is 870 g/mol. The third kappa shape index (κ3) is 6.50. The van der Waals surface area contributed by atoms with Crippen LogP contribution in [0.2, 0.25) is 0 Å². The number of anilines is 8. The number of rotatable bonds is 5. The molecule has 0 saturated carbocycles. The zero-order valence-corrected chi connectivity index (χ0v) is 43.0. The van der Waals surface area contributed by atoms with E-state index >= 15 is 0 Å². The Kier molecular flexibility index (Phi) is 9.85. The molecule has 4 aliphatic rings. The van der Waals surface area contributed by atoms with Gasteiger partial charge in [-0.1, -0.05) is 187 Å². The Morgan fingerprint density at radius 1 is 0.444 bits per heavy atom. The van der Waals surface area contributed by atoms with Crippen LogP contribution in [0.15, 0.2) is 206 Å². The van der Waals surface area contributed by atoms with E-state index in [4.69, 9.17) is 0 Å². The molecule has 2 atom stereocenters. The molecular formula is C68H62BN3. The van der Waals surface area contributed by atoms with Crippen molar-refractivity contribution in [3.05, 3.63) is 245 Å². The van der Waals surface area contributed by atoms with Gasteiger partial charge >= 0.3 is 0 Å². The van der Waals surface area contributed by atoms with E-state index < -0.39 is 0 Å². The van der Waals surface area contributed by atoms with Gasteiger partial charge in [0.15, 0.2) is 0 Å². The summed E-state index contributed by atoms with van der Waals surface area (Å²) in [5, 5.41) is 0. The second-order valence-corrected chi connectivity index (χ2v) is 23.3. The average Bonchev–Trinajstić information content (AvgIpc) is 3.61. The van der Waals surface area contributed by atoms with E-state index in [9.17, 15) is 0 Å². The number of para-hydroxylation sites is 2. The molecule has 3 aliphatic heterocycles. The van der Waals surface area contributed by atoms with Crippen molar-refractivity contribution in [2.75, 3.05) is 14.7 Å². The van der Waals surface area contributed by atoms with E-state index in [1.807, 2.05) is 0 Å². The SMILES string of the molecule is Cc1cc2c3c(c1)N(c1ccc(C(C)(C)C)cc1-c1ccccc1)c1ccccc1B3c1ccc(N3c4ccccc4C4(c5ccccc5)Cc5ccccc5CC34C)cc1N2c1ccc(C(C)(C)C)cc1. The minimum atomic E-state index is -0.326. The van der Waals surface area contributed by atoms with Crippen LogP contribution in [0.25, 0.3) is 11.1 Å². The lowest BCUT2D eigenvalue weighted by molar-refractivity contribution is 0.281. The lowest BCUT2D eigenvalue weighted by atomic mass is 9.33. The highest BCUT2D eigenvalue weighted by Gasteiger charge is 2.62. The Labute approximate surface area is 427 Å². The maximum absolute atomic E-state index is 2.74. The Morgan fingerprint density at radius 2 is 1.01 bits per heavy atom. The zero-order chi connectivity index (χ0) is 49.3. The predicted molar refractivity (Wildman–Crippen MR) is 306 cm³/mol. The molecule has 4 heteroatoms. The molecule has 0 bridgehead atoms. The summed E-state index contributed by atoms with van der Waals surface area (Å²) < 4.78 is 0. The van der Waals surface area contributed by atoms with Gasteiger partial charge < -0.3 is 14.7 Å². The number of fused-ring (bicyclic) bond motifs is 8. The number of hydrogen-bond donors (Lipinski definition) is 0. The van der Waals surface area contributed by atoms with E-state index in [1.54, 1.807) is 0 Å². The van der Waals surface area contributed by atoms with Gasteiger partial charge in [-0.15, -0.1) is 0 Å². The van der Waals surface area contributed by atoms with Crippen molar-refractivity contribution >= 4 is 68.6 Å². The summed E-state index contributed by atoms with van der Waals surface area (Å²) in [6.45, 7) is 18.7. The van der Waals surface area contributed by atoms with Crippen LogP contribution in [0, 0.1) is 6.92 Å². The van der Waals surface area contributed by atoms with Gasteiger partial charge in [0, 0.05) is 50.8 Å². The van der Waals surface area contributed by atoms with Gasteiger partial charge in [-0.25, -0.2) is 0 Å². The van der Waals surface area contributed by atoms with Crippen molar-refractivity contribution in [1.82, 2.24) is 0 Å². The first-order valence-electron chi connectivity index (χ1n) is 26.0. The number of hydrogen-bond acceptors (Lipinski definition) is 3. The molecule has 0 fully saturated rings. The van der Waals surface area contributed by atoms with Crippen LogP contribution in [-0.4, -0.2) is 12.3 Å². The normalized spacial score (nSPS) is 18.4. The lowest BCUT2D eigenvalue weighted by Gasteiger charge is -2.53. The number of aryl methyl sites for hydroxylation is 1. The fourth-order valence-electron chi connectivity index (χ4n) is 13.5. The van der Waals surface area contributed by atoms with Gasteiger partial charge in [-0.2, -0.15) is 0 Å². The Hall–Kier alpha value is -7.56. The van der Waals surface area contributed by atoms with E-state index in [0.29, 0.717) is 0 Å². The highest BCUT2D eigenvalue weighted by molar-refractivity contribution is 7.00. The number of nitrogens with zero attached hydrogens (tertiary/aromatic N) is 3. The van der Waals surface area contributed by atoms with Crippen LogP contribution in [0.4, 0.5) is 45.5 Å². The minimum Gasteiger partial charge on any atom is -0.334 e. The van der Waals surface area contributed by atoms with Crippen LogP contribution in [0.5, 0.6) is 0 Å². The molecule has 0 saturated heterocycles. The summed E-state index contributed by atoms with van der Waals surface area (Å²) in [6.07, 6.45) is 1.85. The molecule has 0 N–H and O–H groups in total. The van der Waals surface area contributed by atoms with E-state index in [-0.39, 0.29) is 28.5 Å². The molecule has 3 heterocycles. The van der Waals surface area contributed by atoms with Crippen LogP contribution in [0.3, 0.4) is 0 Å². The molecule has 13 rings (SSSR count). The third-order valence-corrected chi connectivity index (χ3v) is 16.9. The van der Waals surface area contributed by atoms with Crippen molar-refractivity contribution in [2.45, 2.75) is 90.0 Å². The summed E-state index contributed by atoms with van der Waals surface area (Å²) >= 11 is 0. The molecule has 0 spiro atoms. The van der Waals surface area contributed by atoms with Gasteiger partial charge in [0.2, 0.25) is 0 Å². The van der Waals surface area contributed by atoms with Gasteiger partial charge in [-0.05, 0) is 159 Å². The number of benzene rings is 9. The predicted octanol–water partition coefficient (Wildman–Crippen LogP) is 15.3. The highest BCUT2D eigenvalue weighted by atomic mass is 15.3. The maximum Gasteiger partial charge on any atom is 0.252 e. The summed E-state index contributed by atoms with van der Waals surface area (Å²) in [7, 11) is 0. The molecule has 2 unspecified atom stereocenters. The van der Waals surface area contributed by atoms with E-state index in [0.717, 1.165) is 18.5 Å².